The average Bonchev–Trinajstić information content (AvgIpc) is 3.07. The summed E-state index contributed by atoms with van der Waals surface area (Å²) in [6, 6.07) is 5.50. The molecule has 0 aliphatic carbocycles. The van der Waals surface area contributed by atoms with Crippen LogP contribution in [0.15, 0.2) is 41.3 Å². The van der Waals surface area contributed by atoms with E-state index in [1.54, 1.807) is 6.92 Å². The van der Waals surface area contributed by atoms with Gasteiger partial charge in [0.2, 0.25) is 5.91 Å². The van der Waals surface area contributed by atoms with Crippen LogP contribution in [0.4, 0.5) is 23.4 Å². The van der Waals surface area contributed by atoms with Crippen molar-refractivity contribution in [3.8, 4) is 0 Å². The Labute approximate surface area is 164 Å². The number of carbonyl (C=O) groups is 1. The number of nitrogens with zero attached hydrogens (tertiary/aromatic N) is 5. The highest BCUT2D eigenvalue weighted by atomic mass is 19.4. The molecule has 0 aliphatic rings. The summed E-state index contributed by atoms with van der Waals surface area (Å²) in [5, 5.41) is 6.40. The van der Waals surface area contributed by atoms with E-state index < -0.39 is 35.7 Å². The quantitative estimate of drug-likeness (QED) is 0.514. The summed E-state index contributed by atoms with van der Waals surface area (Å²) in [7, 11) is 0. The molecule has 30 heavy (non-hydrogen) atoms. The van der Waals surface area contributed by atoms with Gasteiger partial charge in [-0.3, -0.25) is 14.2 Å². The molecule has 4 aromatic heterocycles. The van der Waals surface area contributed by atoms with E-state index in [2.05, 4.69) is 20.4 Å². The Bertz CT molecular complexity index is 1340. The number of hydrogen-bond donors (Lipinski definition) is 1. The number of halogens is 4. The van der Waals surface area contributed by atoms with E-state index in [0.29, 0.717) is 11.8 Å². The summed E-state index contributed by atoms with van der Waals surface area (Å²) in [5.74, 6) is -1.15. The lowest BCUT2D eigenvalue weighted by Gasteiger charge is -2.12. The van der Waals surface area contributed by atoms with Crippen LogP contribution in [-0.4, -0.2) is 30.1 Å². The molecule has 4 heterocycles. The minimum atomic E-state index is -4.69. The molecule has 4 rings (SSSR count). The van der Waals surface area contributed by atoms with Crippen LogP contribution in [0, 0.1) is 12.7 Å². The number of rotatable bonds is 3. The summed E-state index contributed by atoms with van der Waals surface area (Å²) in [6.07, 6.45) is -3.78. The van der Waals surface area contributed by atoms with Crippen LogP contribution in [0.2, 0.25) is 0 Å². The van der Waals surface area contributed by atoms with Crippen molar-refractivity contribution in [3.05, 3.63) is 64.1 Å². The van der Waals surface area contributed by atoms with Gasteiger partial charge < -0.3 is 5.32 Å². The third-order valence-electron chi connectivity index (χ3n) is 4.23. The number of aryl methyl sites for hydroxylation is 1. The van der Waals surface area contributed by atoms with Crippen molar-refractivity contribution in [1.82, 2.24) is 24.1 Å². The number of pyridine rings is 2. The zero-order valence-corrected chi connectivity index (χ0v) is 15.2. The van der Waals surface area contributed by atoms with Gasteiger partial charge in [-0.25, -0.2) is 14.4 Å². The third-order valence-corrected chi connectivity index (χ3v) is 4.23. The lowest BCUT2D eigenvalue weighted by Crippen LogP contribution is -2.30. The van der Waals surface area contributed by atoms with Crippen molar-refractivity contribution in [1.29, 1.82) is 0 Å². The molecule has 0 spiro atoms. The summed E-state index contributed by atoms with van der Waals surface area (Å²) < 4.78 is 54.2. The van der Waals surface area contributed by atoms with Crippen molar-refractivity contribution in [3.63, 3.8) is 0 Å². The molecular weight excluding hydrogens is 408 g/mol. The van der Waals surface area contributed by atoms with Crippen molar-refractivity contribution >= 4 is 28.4 Å². The molecule has 154 valence electrons. The molecule has 4 aromatic rings. The van der Waals surface area contributed by atoms with Gasteiger partial charge in [-0.1, -0.05) is 0 Å². The number of fused-ring (bicyclic) bond motifs is 3. The average molecular weight is 420 g/mol. The summed E-state index contributed by atoms with van der Waals surface area (Å²) in [4.78, 5) is 32.6. The lowest BCUT2D eigenvalue weighted by atomic mass is 10.2. The molecule has 0 bridgehead atoms. The van der Waals surface area contributed by atoms with Crippen LogP contribution in [0.25, 0.3) is 16.7 Å². The second-order valence-electron chi connectivity index (χ2n) is 6.42. The molecule has 1 amide bonds. The first-order valence-corrected chi connectivity index (χ1v) is 8.52. The van der Waals surface area contributed by atoms with Crippen LogP contribution in [0.1, 0.15) is 11.4 Å². The Hall–Kier alpha value is -3.83. The number of anilines is 1. The maximum absolute atomic E-state index is 13.0. The highest BCUT2D eigenvalue weighted by Gasteiger charge is 2.33. The van der Waals surface area contributed by atoms with Gasteiger partial charge in [0.1, 0.15) is 29.5 Å². The van der Waals surface area contributed by atoms with Gasteiger partial charge >= 0.3 is 6.18 Å². The van der Waals surface area contributed by atoms with Crippen LogP contribution in [0.5, 0.6) is 0 Å². The van der Waals surface area contributed by atoms with E-state index in [1.807, 2.05) is 0 Å². The van der Waals surface area contributed by atoms with Gasteiger partial charge in [-0.15, -0.1) is 0 Å². The maximum Gasteiger partial charge on any atom is 0.433 e. The second kappa shape index (κ2) is 6.90. The van der Waals surface area contributed by atoms with E-state index in [-0.39, 0.29) is 22.5 Å². The number of aromatic nitrogens is 5. The van der Waals surface area contributed by atoms with Crippen molar-refractivity contribution in [2.24, 2.45) is 0 Å². The first-order valence-electron chi connectivity index (χ1n) is 8.52. The van der Waals surface area contributed by atoms with Crippen LogP contribution in [0.3, 0.4) is 0 Å². The Morgan fingerprint density at radius 1 is 1.20 bits per heavy atom. The van der Waals surface area contributed by atoms with Gasteiger partial charge in [-0.2, -0.15) is 22.8 Å². The van der Waals surface area contributed by atoms with Gasteiger partial charge in [0, 0.05) is 6.07 Å². The second-order valence-corrected chi connectivity index (χ2v) is 6.42. The molecular formula is C18H12F4N6O2. The van der Waals surface area contributed by atoms with E-state index in [0.717, 1.165) is 27.4 Å². The molecule has 1 N–H and O–H groups in total. The summed E-state index contributed by atoms with van der Waals surface area (Å²) in [6.45, 7) is 1.12. The fourth-order valence-corrected chi connectivity index (χ4v) is 2.95. The van der Waals surface area contributed by atoms with E-state index >= 15 is 0 Å². The fourth-order valence-electron chi connectivity index (χ4n) is 2.95. The summed E-state index contributed by atoms with van der Waals surface area (Å²) in [5.41, 5.74) is -1.63. The predicted molar refractivity (Wildman–Crippen MR) is 97.3 cm³/mol. The first kappa shape index (κ1) is 19.5. The van der Waals surface area contributed by atoms with Gasteiger partial charge in [-0.05, 0) is 31.2 Å². The van der Waals surface area contributed by atoms with Crippen molar-refractivity contribution in [2.45, 2.75) is 19.6 Å². The van der Waals surface area contributed by atoms with Crippen molar-refractivity contribution in [2.75, 3.05) is 5.32 Å². The minimum Gasteiger partial charge on any atom is -0.309 e. The normalized spacial score (nSPS) is 11.9. The Morgan fingerprint density at radius 2 is 1.97 bits per heavy atom. The van der Waals surface area contributed by atoms with Crippen LogP contribution >= 0.6 is 0 Å². The monoisotopic (exact) mass is 420 g/mol. The smallest absolute Gasteiger partial charge is 0.309 e. The molecule has 0 aromatic carbocycles. The molecule has 12 heteroatoms. The van der Waals surface area contributed by atoms with Gasteiger partial charge in [0.05, 0.1) is 17.3 Å². The predicted octanol–water partition coefficient (Wildman–Crippen LogP) is 2.54. The number of nitrogens with one attached hydrogen (secondary N) is 1. The Morgan fingerprint density at radius 3 is 2.63 bits per heavy atom. The summed E-state index contributed by atoms with van der Waals surface area (Å²) >= 11 is 0. The standard InChI is InChI=1S/C18H12F4N6O2/c1-9-6-15-27(8-14(29)25-13-5-2-10(19)7-23-13)17(30)11-3-4-12(18(20,21)22)24-16(11)28(15)26-9/h2-7H,8H2,1H3,(H,23,25,29). The van der Waals surface area contributed by atoms with E-state index in [4.69, 9.17) is 0 Å². The van der Waals surface area contributed by atoms with Gasteiger partial charge in [0.15, 0.2) is 5.65 Å². The van der Waals surface area contributed by atoms with E-state index in [9.17, 15) is 27.2 Å². The third kappa shape index (κ3) is 3.47. The van der Waals surface area contributed by atoms with E-state index in [1.165, 1.54) is 12.1 Å². The number of amides is 1. The molecule has 0 radical (unpaired) electrons. The number of alkyl halides is 3. The lowest BCUT2D eigenvalue weighted by molar-refractivity contribution is -0.141. The minimum absolute atomic E-state index is 0.0763. The molecule has 8 nitrogen and oxygen atoms in total. The van der Waals surface area contributed by atoms with Crippen LogP contribution in [-0.2, 0) is 17.5 Å². The number of carbonyl (C=O) groups excluding carboxylic acids is 1. The zero-order valence-electron chi connectivity index (χ0n) is 15.2. The molecule has 0 saturated carbocycles. The van der Waals surface area contributed by atoms with Crippen LogP contribution < -0.4 is 10.9 Å². The Kier molecular flexibility index (Phi) is 4.48. The Balaban J connectivity index is 1.81. The van der Waals surface area contributed by atoms with Gasteiger partial charge in [0.25, 0.3) is 5.56 Å². The molecule has 0 atom stereocenters. The zero-order chi connectivity index (χ0) is 21.6. The maximum atomic E-state index is 13.0. The van der Waals surface area contributed by atoms with Crippen molar-refractivity contribution < 1.29 is 22.4 Å². The molecule has 0 fully saturated rings. The molecule has 0 unspecified atom stereocenters. The number of hydrogen-bond acceptors (Lipinski definition) is 5. The highest BCUT2D eigenvalue weighted by Crippen LogP contribution is 2.28. The highest BCUT2D eigenvalue weighted by molar-refractivity contribution is 5.90. The SMILES string of the molecule is Cc1cc2n(CC(=O)Nc3ccc(F)cn3)c(=O)c3ccc(C(F)(F)F)nc3n2n1. The molecule has 0 aliphatic heterocycles. The topological polar surface area (TPSA) is 94.2 Å². The first-order chi connectivity index (χ1) is 14.1. The fraction of sp³-hybridized carbons (Fsp3) is 0.167. The largest absolute Gasteiger partial charge is 0.433 e. The molecule has 0 saturated heterocycles.